The Morgan fingerprint density at radius 2 is 2.00 bits per heavy atom. The molecule has 0 fully saturated rings. The topological polar surface area (TPSA) is 111 Å². The Morgan fingerprint density at radius 1 is 1.21 bits per heavy atom. The van der Waals surface area contributed by atoms with Gasteiger partial charge in [0.1, 0.15) is 0 Å². The number of nitro benzene ring substituents is 1. The second kappa shape index (κ2) is 9.66. The van der Waals surface area contributed by atoms with Crippen LogP contribution in [-0.2, 0) is 22.6 Å². The fourth-order valence-corrected chi connectivity index (χ4v) is 4.01. The monoisotopic (exact) mass is 447 g/mol. The van der Waals surface area contributed by atoms with Gasteiger partial charge in [-0.05, 0) is 25.0 Å². The Kier molecular flexibility index (Phi) is 6.50. The molecule has 1 unspecified atom stereocenters. The molecule has 0 amide bonds. The zero-order chi connectivity index (χ0) is 23.4. The molecule has 1 aliphatic rings. The maximum Gasteiger partial charge on any atom is 0.338 e. The summed E-state index contributed by atoms with van der Waals surface area (Å²) in [5, 5.41) is 18.0. The number of nitro groups is 1. The van der Waals surface area contributed by atoms with Gasteiger partial charge in [-0.25, -0.2) is 9.78 Å². The number of hydrogen-bond acceptors (Lipinski definition) is 7. The van der Waals surface area contributed by atoms with Crippen LogP contribution in [0.1, 0.15) is 36.7 Å². The lowest BCUT2D eigenvalue weighted by atomic mass is 9.94. The molecule has 33 heavy (non-hydrogen) atoms. The zero-order valence-electron chi connectivity index (χ0n) is 18.4. The number of benzene rings is 2. The normalized spacial score (nSPS) is 15.0. The van der Waals surface area contributed by atoms with E-state index in [4.69, 9.17) is 4.74 Å². The number of non-ortho nitro benzene ring substituents is 1. The fraction of sp³-hybridized carbons (Fsp3) is 0.250. The number of allylic oxidation sites excluding steroid dienone is 1. The summed E-state index contributed by atoms with van der Waals surface area (Å²) in [6.45, 7) is 4.90. The molecule has 9 heteroatoms. The Morgan fingerprint density at radius 3 is 2.73 bits per heavy atom. The van der Waals surface area contributed by atoms with Gasteiger partial charge >= 0.3 is 5.97 Å². The lowest BCUT2D eigenvalue weighted by molar-refractivity contribution is -0.384. The molecule has 4 rings (SSSR count). The molecular formula is C24H25N5O4. The van der Waals surface area contributed by atoms with Gasteiger partial charge in [0.05, 0.1) is 35.0 Å². The van der Waals surface area contributed by atoms with E-state index in [0.29, 0.717) is 35.9 Å². The molecule has 1 atom stereocenters. The van der Waals surface area contributed by atoms with Gasteiger partial charge in [0.2, 0.25) is 5.95 Å². The summed E-state index contributed by atoms with van der Waals surface area (Å²) in [4.78, 5) is 28.4. The van der Waals surface area contributed by atoms with E-state index >= 15 is 0 Å². The Balaban J connectivity index is 1.73. The summed E-state index contributed by atoms with van der Waals surface area (Å²) in [5.74, 6) is 0.0927. The molecule has 3 aromatic rings. The van der Waals surface area contributed by atoms with Gasteiger partial charge in [0.25, 0.3) is 5.69 Å². The summed E-state index contributed by atoms with van der Waals surface area (Å²) in [7, 11) is 0. The first-order chi connectivity index (χ1) is 16.0. The minimum absolute atomic E-state index is 0.0442. The zero-order valence-corrected chi connectivity index (χ0v) is 18.4. The number of ether oxygens (including phenoxy) is 1. The Labute approximate surface area is 191 Å². The number of fused-ring (bicyclic) bond motifs is 1. The van der Waals surface area contributed by atoms with Crippen molar-refractivity contribution in [1.82, 2.24) is 14.9 Å². The third-order valence-corrected chi connectivity index (χ3v) is 5.48. The molecule has 0 saturated carbocycles. The SMILES string of the molecule is CCOC(=O)C1=C(C)Nc2ncc(CNCc3ccccc3)n2C1c1cccc([N+](=O)[O-])c1. The lowest BCUT2D eigenvalue weighted by Gasteiger charge is -2.31. The number of anilines is 1. The quantitative estimate of drug-likeness (QED) is 0.306. The molecule has 2 aromatic carbocycles. The average Bonchev–Trinajstić information content (AvgIpc) is 3.21. The molecule has 9 nitrogen and oxygen atoms in total. The number of rotatable bonds is 8. The highest BCUT2D eigenvalue weighted by Gasteiger charge is 2.35. The van der Waals surface area contributed by atoms with Crippen molar-refractivity contribution in [3.05, 3.63) is 99.0 Å². The molecule has 0 spiro atoms. The molecule has 170 valence electrons. The first kappa shape index (κ1) is 22.2. The van der Waals surface area contributed by atoms with E-state index in [9.17, 15) is 14.9 Å². The van der Waals surface area contributed by atoms with Crippen molar-refractivity contribution >= 4 is 17.6 Å². The molecule has 0 radical (unpaired) electrons. The minimum atomic E-state index is -0.615. The predicted octanol–water partition coefficient (Wildman–Crippen LogP) is 3.93. The summed E-state index contributed by atoms with van der Waals surface area (Å²) in [6.07, 6.45) is 1.74. The molecule has 0 bridgehead atoms. The maximum absolute atomic E-state index is 12.9. The van der Waals surface area contributed by atoms with Gasteiger partial charge in [-0.15, -0.1) is 0 Å². The standard InChI is InChI=1S/C24H25N5O4/c1-3-33-23(30)21-16(2)27-24-26-15-20(14-25-13-17-8-5-4-6-9-17)28(24)22(21)18-10-7-11-19(12-18)29(31)32/h4-12,15,22,25H,3,13-14H2,1-2H3,(H,26,27). The van der Waals surface area contributed by atoms with Gasteiger partial charge in [-0.1, -0.05) is 42.5 Å². The number of hydrogen-bond donors (Lipinski definition) is 2. The number of imidazole rings is 1. The van der Waals surface area contributed by atoms with E-state index in [1.807, 2.05) is 34.9 Å². The van der Waals surface area contributed by atoms with Crippen molar-refractivity contribution in [3.8, 4) is 0 Å². The predicted molar refractivity (Wildman–Crippen MR) is 123 cm³/mol. The van der Waals surface area contributed by atoms with E-state index in [-0.39, 0.29) is 12.3 Å². The van der Waals surface area contributed by atoms with Crippen molar-refractivity contribution in [3.63, 3.8) is 0 Å². The number of nitrogens with zero attached hydrogens (tertiary/aromatic N) is 3. The van der Waals surface area contributed by atoms with E-state index in [2.05, 4.69) is 15.6 Å². The van der Waals surface area contributed by atoms with E-state index in [0.717, 1.165) is 11.3 Å². The van der Waals surface area contributed by atoms with Crippen LogP contribution >= 0.6 is 0 Å². The smallest absolute Gasteiger partial charge is 0.338 e. The first-order valence-electron chi connectivity index (χ1n) is 10.7. The summed E-state index contributed by atoms with van der Waals surface area (Å²) >= 11 is 0. The van der Waals surface area contributed by atoms with Crippen molar-refractivity contribution < 1.29 is 14.5 Å². The largest absolute Gasteiger partial charge is 0.463 e. The molecule has 1 aliphatic heterocycles. The third kappa shape index (κ3) is 4.63. The summed E-state index contributed by atoms with van der Waals surface area (Å²) in [5.41, 5.74) is 3.54. The van der Waals surface area contributed by atoms with Crippen LogP contribution in [0.15, 0.2) is 72.1 Å². The second-order valence-corrected chi connectivity index (χ2v) is 7.67. The van der Waals surface area contributed by atoms with Gasteiger partial charge in [0, 0.05) is 30.9 Å². The maximum atomic E-state index is 12.9. The van der Waals surface area contributed by atoms with Gasteiger partial charge < -0.3 is 19.9 Å². The van der Waals surface area contributed by atoms with E-state index in [1.54, 1.807) is 32.2 Å². The van der Waals surface area contributed by atoms with Gasteiger partial charge in [0.15, 0.2) is 0 Å². The van der Waals surface area contributed by atoms with Crippen LogP contribution in [0.5, 0.6) is 0 Å². The van der Waals surface area contributed by atoms with Crippen LogP contribution < -0.4 is 10.6 Å². The Bertz CT molecular complexity index is 1200. The molecule has 0 saturated heterocycles. The van der Waals surface area contributed by atoms with Gasteiger partial charge in [-0.3, -0.25) is 10.1 Å². The number of nitrogens with one attached hydrogen (secondary N) is 2. The Hall–Kier alpha value is -3.98. The van der Waals surface area contributed by atoms with Crippen molar-refractivity contribution in [2.24, 2.45) is 0 Å². The molecule has 2 heterocycles. The molecule has 2 N–H and O–H groups in total. The molecular weight excluding hydrogens is 422 g/mol. The molecule has 1 aromatic heterocycles. The summed E-state index contributed by atoms with van der Waals surface area (Å²) in [6, 6.07) is 15.7. The summed E-state index contributed by atoms with van der Waals surface area (Å²) < 4.78 is 7.23. The van der Waals surface area contributed by atoms with Crippen LogP contribution in [-0.4, -0.2) is 27.1 Å². The highest BCUT2D eigenvalue weighted by molar-refractivity contribution is 5.92. The van der Waals surface area contributed by atoms with Crippen LogP contribution in [0.3, 0.4) is 0 Å². The average molecular weight is 447 g/mol. The van der Waals surface area contributed by atoms with Gasteiger partial charge in [-0.2, -0.15) is 0 Å². The van der Waals surface area contributed by atoms with E-state index < -0.39 is 16.9 Å². The minimum Gasteiger partial charge on any atom is -0.463 e. The highest BCUT2D eigenvalue weighted by atomic mass is 16.6. The van der Waals surface area contributed by atoms with Crippen molar-refractivity contribution in [2.45, 2.75) is 33.0 Å². The van der Waals surface area contributed by atoms with Crippen molar-refractivity contribution in [1.29, 1.82) is 0 Å². The van der Waals surface area contributed by atoms with Crippen molar-refractivity contribution in [2.75, 3.05) is 11.9 Å². The number of aromatic nitrogens is 2. The number of carbonyl (C=O) groups is 1. The fourth-order valence-electron chi connectivity index (χ4n) is 4.01. The van der Waals surface area contributed by atoms with Crippen LogP contribution in [0, 0.1) is 10.1 Å². The van der Waals surface area contributed by atoms with E-state index in [1.165, 1.54) is 12.1 Å². The molecule has 0 aliphatic carbocycles. The van der Waals surface area contributed by atoms with Crippen LogP contribution in [0.2, 0.25) is 0 Å². The third-order valence-electron chi connectivity index (χ3n) is 5.48. The van der Waals surface area contributed by atoms with Crippen LogP contribution in [0.25, 0.3) is 0 Å². The highest BCUT2D eigenvalue weighted by Crippen LogP contribution is 2.38. The number of esters is 1. The van der Waals surface area contributed by atoms with Crippen LogP contribution in [0.4, 0.5) is 11.6 Å². The second-order valence-electron chi connectivity index (χ2n) is 7.67. The lowest BCUT2D eigenvalue weighted by Crippen LogP contribution is -2.31. The first-order valence-corrected chi connectivity index (χ1v) is 10.7. The number of carbonyl (C=O) groups excluding carboxylic acids is 1.